The Morgan fingerprint density at radius 1 is 0.629 bits per heavy atom. The average molecular weight is 485 g/mol. The molecule has 0 heterocycles. The number of hydrogen-bond donors (Lipinski definition) is 0. The van der Waals surface area contributed by atoms with Gasteiger partial charge in [0, 0.05) is 29.7 Å². The summed E-state index contributed by atoms with van der Waals surface area (Å²) >= 11 is 0. The zero-order valence-electron chi connectivity index (χ0n) is 20.7. The molecule has 0 saturated carbocycles. The van der Waals surface area contributed by atoms with Gasteiger partial charge >= 0.3 is 11.9 Å². The maximum absolute atomic E-state index is 11.8. The topological polar surface area (TPSA) is 89.5 Å². The quantitative estimate of drug-likeness (QED) is 0.209. The van der Waals surface area contributed by atoms with Gasteiger partial charge in [0.15, 0.2) is 23.0 Å². The molecule has 0 amide bonds. The highest BCUT2D eigenvalue weighted by Crippen LogP contribution is 2.45. The van der Waals surface area contributed by atoms with Crippen molar-refractivity contribution in [2.45, 2.75) is 34.1 Å². The van der Waals surface area contributed by atoms with Crippen LogP contribution in [0.15, 0.2) is 49.6 Å². The van der Waals surface area contributed by atoms with Gasteiger partial charge in [-0.05, 0) is 39.8 Å². The van der Waals surface area contributed by atoms with E-state index in [-0.39, 0.29) is 11.5 Å². The van der Waals surface area contributed by atoms with Crippen LogP contribution in [0.25, 0.3) is 0 Å². The molecule has 2 aromatic rings. The predicted molar refractivity (Wildman–Crippen MR) is 132 cm³/mol. The van der Waals surface area contributed by atoms with Gasteiger partial charge in [-0.15, -0.1) is 0 Å². The third-order valence-corrected chi connectivity index (χ3v) is 4.61. The van der Waals surface area contributed by atoms with Crippen LogP contribution in [-0.2, 0) is 16.0 Å². The minimum atomic E-state index is -0.606. The van der Waals surface area contributed by atoms with E-state index in [1.165, 1.54) is 0 Å². The first-order chi connectivity index (χ1) is 16.9. The van der Waals surface area contributed by atoms with Gasteiger partial charge in [-0.3, -0.25) is 0 Å². The Bertz CT molecular complexity index is 974. The molecule has 8 nitrogen and oxygen atoms in total. The van der Waals surface area contributed by atoms with Crippen molar-refractivity contribution in [2.24, 2.45) is 0 Å². The summed E-state index contributed by atoms with van der Waals surface area (Å²) in [6, 6.07) is 6.88. The monoisotopic (exact) mass is 484 g/mol. The predicted octanol–water partition coefficient (Wildman–Crippen LogP) is 5.06. The van der Waals surface area contributed by atoms with E-state index in [0.717, 1.165) is 23.3 Å². The first kappa shape index (κ1) is 27.3. The number of carbonyl (C=O) groups is 2. The molecule has 0 aliphatic heterocycles. The maximum Gasteiger partial charge on any atom is 0.335 e. The van der Waals surface area contributed by atoms with Crippen molar-refractivity contribution in [3.63, 3.8) is 0 Å². The molecule has 0 N–H and O–H groups in total. The fourth-order valence-electron chi connectivity index (χ4n) is 3.28. The molecule has 35 heavy (non-hydrogen) atoms. The van der Waals surface area contributed by atoms with Crippen molar-refractivity contribution < 1.29 is 38.0 Å². The number of carbonyl (C=O) groups excluding carboxylic acids is 2. The summed E-state index contributed by atoms with van der Waals surface area (Å²) in [5.41, 5.74) is 1.54. The van der Waals surface area contributed by atoms with Gasteiger partial charge in [0.05, 0.1) is 26.4 Å². The Hall–Kier alpha value is -3.94. The number of benzene rings is 2. The summed E-state index contributed by atoms with van der Waals surface area (Å²) < 4.78 is 34.2. The minimum absolute atomic E-state index is 0.232. The van der Waals surface area contributed by atoms with Crippen LogP contribution in [-0.4, -0.2) is 38.4 Å². The van der Waals surface area contributed by atoms with E-state index in [2.05, 4.69) is 13.2 Å². The fourth-order valence-corrected chi connectivity index (χ4v) is 3.28. The van der Waals surface area contributed by atoms with Gasteiger partial charge in [-0.25, -0.2) is 9.59 Å². The standard InChI is InChI=1S/C27H32O8/c1-7-22(28)34-20-15-13-18(24(30-9-3)26(20)32-11-5)17-19-14-16-21(35-23(29)8-2)27(33-12-6)25(19)31-10-4/h7-8,13-16H,1-2,9-12,17H2,3-6H3. The molecule has 0 fully saturated rings. The lowest BCUT2D eigenvalue weighted by molar-refractivity contribution is -0.130. The third kappa shape index (κ3) is 7.02. The third-order valence-electron chi connectivity index (χ3n) is 4.61. The van der Waals surface area contributed by atoms with E-state index in [9.17, 15) is 9.59 Å². The molecule has 2 aromatic carbocycles. The molecule has 188 valence electrons. The molecule has 0 atom stereocenters. The molecule has 8 heteroatoms. The second-order valence-corrected chi connectivity index (χ2v) is 6.92. The van der Waals surface area contributed by atoms with E-state index in [1.807, 2.05) is 27.7 Å². The fraction of sp³-hybridized carbons (Fsp3) is 0.333. The Balaban J connectivity index is 2.63. The van der Waals surface area contributed by atoms with Crippen LogP contribution in [0, 0.1) is 0 Å². The van der Waals surface area contributed by atoms with E-state index in [0.29, 0.717) is 55.8 Å². The number of esters is 2. The molecule has 0 aromatic heterocycles. The van der Waals surface area contributed by atoms with Crippen LogP contribution in [0.2, 0.25) is 0 Å². The van der Waals surface area contributed by atoms with Crippen LogP contribution in [0.1, 0.15) is 38.8 Å². The molecule has 2 rings (SSSR count). The molecule has 0 saturated heterocycles. The van der Waals surface area contributed by atoms with Crippen molar-refractivity contribution in [3.05, 3.63) is 60.7 Å². The Kier molecular flexibility index (Phi) is 10.7. The second-order valence-electron chi connectivity index (χ2n) is 6.92. The smallest absolute Gasteiger partial charge is 0.335 e. The lowest BCUT2D eigenvalue weighted by atomic mass is 10.0. The van der Waals surface area contributed by atoms with Crippen LogP contribution < -0.4 is 28.4 Å². The summed E-state index contributed by atoms with van der Waals surface area (Å²) in [6.07, 6.45) is 2.53. The van der Waals surface area contributed by atoms with Gasteiger partial charge in [-0.1, -0.05) is 25.3 Å². The van der Waals surface area contributed by atoms with E-state index in [4.69, 9.17) is 28.4 Å². The van der Waals surface area contributed by atoms with E-state index in [1.54, 1.807) is 24.3 Å². The Morgan fingerprint density at radius 3 is 1.29 bits per heavy atom. The molecule has 0 radical (unpaired) electrons. The first-order valence-electron chi connectivity index (χ1n) is 11.4. The van der Waals surface area contributed by atoms with Crippen molar-refractivity contribution >= 4 is 11.9 Å². The summed E-state index contributed by atoms with van der Waals surface area (Å²) in [6.45, 7) is 15.6. The number of hydrogen-bond acceptors (Lipinski definition) is 8. The highest BCUT2D eigenvalue weighted by molar-refractivity contribution is 5.85. The highest BCUT2D eigenvalue weighted by atomic mass is 16.6. The van der Waals surface area contributed by atoms with Crippen molar-refractivity contribution in [2.75, 3.05) is 26.4 Å². The van der Waals surface area contributed by atoms with E-state index >= 15 is 0 Å². The summed E-state index contributed by atoms with van der Waals surface area (Å²) in [5, 5.41) is 0. The normalized spacial score (nSPS) is 10.2. The Morgan fingerprint density at radius 2 is 0.971 bits per heavy atom. The van der Waals surface area contributed by atoms with Gasteiger partial charge in [0.1, 0.15) is 0 Å². The number of ether oxygens (including phenoxy) is 6. The first-order valence-corrected chi connectivity index (χ1v) is 11.4. The summed E-state index contributed by atoms with van der Waals surface area (Å²) in [5.74, 6) is 0.795. The zero-order valence-corrected chi connectivity index (χ0v) is 20.7. The van der Waals surface area contributed by atoms with Crippen LogP contribution >= 0.6 is 0 Å². The zero-order chi connectivity index (χ0) is 25.8. The SMILES string of the molecule is C=CC(=O)Oc1ccc(Cc2ccc(OC(=O)C=C)c(OCC)c2OCC)c(OCC)c1OCC. The molecule has 0 bridgehead atoms. The maximum atomic E-state index is 11.8. The van der Waals surface area contributed by atoms with Crippen LogP contribution in [0.3, 0.4) is 0 Å². The molecule has 0 spiro atoms. The molecular formula is C27H32O8. The van der Waals surface area contributed by atoms with Gasteiger partial charge in [0.25, 0.3) is 0 Å². The van der Waals surface area contributed by atoms with Crippen molar-refractivity contribution in [3.8, 4) is 34.5 Å². The highest BCUT2D eigenvalue weighted by Gasteiger charge is 2.23. The minimum Gasteiger partial charge on any atom is -0.490 e. The van der Waals surface area contributed by atoms with E-state index < -0.39 is 11.9 Å². The molecular weight excluding hydrogens is 452 g/mol. The number of rotatable bonds is 14. The molecule has 0 unspecified atom stereocenters. The lowest BCUT2D eigenvalue weighted by Gasteiger charge is -2.20. The van der Waals surface area contributed by atoms with Crippen LogP contribution in [0.5, 0.6) is 34.5 Å². The van der Waals surface area contributed by atoms with Crippen molar-refractivity contribution in [1.29, 1.82) is 0 Å². The molecule has 0 aliphatic rings. The second kappa shape index (κ2) is 13.7. The van der Waals surface area contributed by atoms with Gasteiger partial charge in [0.2, 0.25) is 11.5 Å². The Labute approximate surface area is 206 Å². The van der Waals surface area contributed by atoms with Gasteiger partial charge in [-0.2, -0.15) is 0 Å². The van der Waals surface area contributed by atoms with Crippen molar-refractivity contribution in [1.82, 2.24) is 0 Å². The summed E-state index contributed by atoms with van der Waals surface area (Å²) in [7, 11) is 0. The largest absolute Gasteiger partial charge is 0.490 e. The lowest BCUT2D eigenvalue weighted by Crippen LogP contribution is -2.10. The molecule has 0 aliphatic carbocycles. The van der Waals surface area contributed by atoms with Gasteiger partial charge < -0.3 is 28.4 Å². The van der Waals surface area contributed by atoms with Crippen LogP contribution in [0.4, 0.5) is 0 Å². The average Bonchev–Trinajstić information content (AvgIpc) is 2.85. The summed E-state index contributed by atoms with van der Waals surface area (Å²) in [4.78, 5) is 23.6.